The van der Waals surface area contributed by atoms with E-state index in [0.29, 0.717) is 13.0 Å². The number of nitrogens with one attached hydrogen (secondary N) is 1. The molecule has 0 aromatic heterocycles. The zero-order valence-corrected chi connectivity index (χ0v) is 14.1. The molecule has 0 bridgehead atoms. The van der Waals surface area contributed by atoms with Crippen LogP contribution in [-0.2, 0) is 11.4 Å². The van der Waals surface area contributed by atoms with Gasteiger partial charge in [0.25, 0.3) is 0 Å². The second-order valence-corrected chi connectivity index (χ2v) is 5.59. The molecule has 0 radical (unpaired) electrons. The summed E-state index contributed by atoms with van der Waals surface area (Å²) in [4.78, 5) is 11.5. The van der Waals surface area contributed by atoms with E-state index in [-0.39, 0.29) is 5.91 Å². The molecule has 1 N–H and O–H groups in total. The number of hydrogen-bond donors (Lipinski definition) is 1. The average molecular weight is 324 g/mol. The van der Waals surface area contributed by atoms with Gasteiger partial charge in [-0.3, -0.25) is 4.79 Å². The second-order valence-electron chi connectivity index (χ2n) is 5.59. The maximum atomic E-state index is 11.5. The number of unbranched alkanes of at least 4 members (excludes halogenated alkanes) is 2. The molecule has 0 heterocycles. The Bertz CT molecular complexity index is 636. The van der Waals surface area contributed by atoms with Crippen LogP contribution >= 0.6 is 0 Å². The number of ether oxygens (including phenoxy) is 1. The number of carbonyl (C=O) groups is 1. The summed E-state index contributed by atoms with van der Waals surface area (Å²) in [6.07, 6.45) is 5.25. The third kappa shape index (κ3) is 6.65. The first-order chi connectivity index (χ1) is 11.8. The maximum Gasteiger partial charge on any atom is 0.240 e. The van der Waals surface area contributed by atoms with E-state index in [9.17, 15) is 4.79 Å². The van der Waals surface area contributed by atoms with Crippen molar-refractivity contribution in [1.29, 1.82) is 0 Å². The molecule has 0 saturated heterocycles. The van der Waals surface area contributed by atoms with Crippen molar-refractivity contribution in [2.75, 3.05) is 0 Å². The summed E-state index contributed by atoms with van der Waals surface area (Å²) in [5.41, 5.74) is 4.60. The van der Waals surface area contributed by atoms with Gasteiger partial charge in [-0.2, -0.15) is 5.10 Å². The fourth-order valence-corrected chi connectivity index (χ4v) is 2.16. The highest BCUT2D eigenvalue weighted by molar-refractivity contribution is 5.82. The van der Waals surface area contributed by atoms with E-state index < -0.39 is 0 Å². The molecular formula is C20H24N2O2. The molecule has 4 heteroatoms. The molecule has 2 aromatic carbocycles. The van der Waals surface area contributed by atoms with Crippen LogP contribution in [0.2, 0.25) is 0 Å². The van der Waals surface area contributed by atoms with Crippen molar-refractivity contribution in [3.63, 3.8) is 0 Å². The van der Waals surface area contributed by atoms with Crippen molar-refractivity contribution < 1.29 is 9.53 Å². The molecule has 24 heavy (non-hydrogen) atoms. The minimum atomic E-state index is -0.0393. The van der Waals surface area contributed by atoms with E-state index in [4.69, 9.17) is 4.74 Å². The van der Waals surface area contributed by atoms with E-state index in [1.54, 1.807) is 6.21 Å². The van der Waals surface area contributed by atoms with Crippen molar-refractivity contribution in [1.82, 2.24) is 5.43 Å². The monoisotopic (exact) mass is 324 g/mol. The number of hydrogen-bond acceptors (Lipinski definition) is 3. The van der Waals surface area contributed by atoms with E-state index >= 15 is 0 Å². The molecule has 0 atom stereocenters. The summed E-state index contributed by atoms with van der Waals surface area (Å²) < 4.78 is 5.73. The predicted octanol–water partition coefficient (Wildman–Crippen LogP) is 4.30. The van der Waals surface area contributed by atoms with Crippen LogP contribution in [0.3, 0.4) is 0 Å². The summed E-state index contributed by atoms with van der Waals surface area (Å²) in [5.74, 6) is 0.766. The zero-order chi connectivity index (χ0) is 17.0. The Morgan fingerprint density at radius 3 is 2.54 bits per heavy atom. The van der Waals surface area contributed by atoms with Crippen molar-refractivity contribution in [2.45, 2.75) is 39.2 Å². The van der Waals surface area contributed by atoms with Crippen LogP contribution in [0.1, 0.15) is 43.7 Å². The van der Waals surface area contributed by atoms with Gasteiger partial charge < -0.3 is 4.74 Å². The fourth-order valence-electron chi connectivity index (χ4n) is 2.16. The zero-order valence-electron chi connectivity index (χ0n) is 14.1. The van der Waals surface area contributed by atoms with Gasteiger partial charge in [-0.15, -0.1) is 0 Å². The molecular weight excluding hydrogens is 300 g/mol. The summed E-state index contributed by atoms with van der Waals surface area (Å²) in [5, 5.41) is 3.98. The molecule has 0 aliphatic rings. The molecule has 0 unspecified atom stereocenters. The van der Waals surface area contributed by atoms with Crippen molar-refractivity contribution in [2.24, 2.45) is 5.10 Å². The molecule has 1 amide bonds. The Kier molecular flexibility index (Phi) is 7.54. The number of amides is 1. The Morgan fingerprint density at radius 2 is 1.83 bits per heavy atom. The lowest BCUT2D eigenvalue weighted by atomic mass is 10.2. The molecule has 2 aromatic rings. The Morgan fingerprint density at radius 1 is 1.08 bits per heavy atom. The largest absolute Gasteiger partial charge is 0.489 e. The molecule has 126 valence electrons. The molecule has 0 saturated carbocycles. The van der Waals surface area contributed by atoms with Gasteiger partial charge in [-0.1, -0.05) is 50.1 Å². The van der Waals surface area contributed by atoms with Crippen molar-refractivity contribution in [3.8, 4) is 5.75 Å². The van der Waals surface area contributed by atoms with Crippen LogP contribution in [0, 0.1) is 0 Å². The average Bonchev–Trinajstić information content (AvgIpc) is 2.62. The van der Waals surface area contributed by atoms with Gasteiger partial charge in [-0.25, -0.2) is 5.43 Å². The Balaban J connectivity index is 1.75. The van der Waals surface area contributed by atoms with Crippen LogP contribution in [-0.4, -0.2) is 12.1 Å². The lowest BCUT2D eigenvalue weighted by Crippen LogP contribution is -2.16. The first-order valence-corrected chi connectivity index (χ1v) is 8.36. The fraction of sp³-hybridized carbons (Fsp3) is 0.300. The molecule has 4 nitrogen and oxygen atoms in total. The standard InChI is InChI=1S/C20H24N2O2/c1-2-3-5-10-20(23)22-21-15-17-11-13-19(14-12-17)24-16-18-8-6-4-7-9-18/h4,6-9,11-15H,2-3,5,10,16H2,1H3,(H,22,23). The lowest BCUT2D eigenvalue weighted by Gasteiger charge is -2.06. The molecule has 0 spiro atoms. The normalized spacial score (nSPS) is 10.7. The summed E-state index contributed by atoms with van der Waals surface area (Å²) in [6.45, 7) is 2.66. The SMILES string of the molecule is CCCCCC(=O)NN=Cc1ccc(OCc2ccccc2)cc1. The number of nitrogens with zero attached hydrogens (tertiary/aromatic N) is 1. The number of carbonyl (C=O) groups excluding carboxylic acids is 1. The summed E-state index contributed by atoms with van der Waals surface area (Å²) in [7, 11) is 0. The number of benzene rings is 2. The minimum absolute atomic E-state index is 0.0393. The van der Waals surface area contributed by atoms with E-state index in [1.165, 1.54) is 0 Å². The third-order valence-corrected chi connectivity index (χ3v) is 3.54. The molecule has 0 aliphatic heterocycles. The smallest absolute Gasteiger partial charge is 0.240 e. The lowest BCUT2D eigenvalue weighted by molar-refractivity contribution is -0.121. The van der Waals surface area contributed by atoms with Gasteiger partial charge in [0.1, 0.15) is 12.4 Å². The molecule has 0 aliphatic carbocycles. The first kappa shape index (κ1) is 17.7. The van der Waals surface area contributed by atoms with Crippen LogP contribution in [0.5, 0.6) is 5.75 Å². The molecule has 2 rings (SSSR count). The van der Waals surface area contributed by atoms with Gasteiger partial charge >= 0.3 is 0 Å². The number of hydrazone groups is 1. The Hall–Kier alpha value is -2.62. The highest BCUT2D eigenvalue weighted by Crippen LogP contribution is 2.13. The van der Waals surface area contributed by atoms with Crippen molar-refractivity contribution >= 4 is 12.1 Å². The van der Waals surface area contributed by atoms with Gasteiger partial charge in [0.15, 0.2) is 0 Å². The van der Waals surface area contributed by atoms with Crippen LogP contribution in [0.4, 0.5) is 0 Å². The van der Waals surface area contributed by atoms with Gasteiger partial charge in [0, 0.05) is 6.42 Å². The van der Waals surface area contributed by atoms with Crippen LogP contribution in [0.25, 0.3) is 0 Å². The van der Waals surface area contributed by atoms with E-state index in [1.807, 2.05) is 54.6 Å². The Labute approximate surface area is 143 Å². The van der Waals surface area contributed by atoms with Gasteiger partial charge in [0.2, 0.25) is 5.91 Å². The first-order valence-electron chi connectivity index (χ1n) is 8.36. The maximum absolute atomic E-state index is 11.5. The van der Waals surface area contributed by atoms with Gasteiger partial charge in [-0.05, 0) is 41.8 Å². The highest BCUT2D eigenvalue weighted by Gasteiger charge is 1.98. The third-order valence-electron chi connectivity index (χ3n) is 3.54. The van der Waals surface area contributed by atoms with Gasteiger partial charge in [0.05, 0.1) is 6.21 Å². The second kappa shape index (κ2) is 10.2. The van der Waals surface area contributed by atoms with E-state index in [2.05, 4.69) is 17.5 Å². The van der Waals surface area contributed by atoms with Crippen molar-refractivity contribution in [3.05, 3.63) is 65.7 Å². The summed E-state index contributed by atoms with van der Waals surface area (Å²) >= 11 is 0. The number of rotatable bonds is 9. The van der Waals surface area contributed by atoms with E-state index in [0.717, 1.165) is 36.1 Å². The molecule has 0 fully saturated rings. The summed E-state index contributed by atoms with van der Waals surface area (Å²) in [6, 6.07) is 17.7. The highest BCUT2D eigenvalue weighted by atomic mass is 16.5. The minimum Gasteiger partial charge on any atom is -0.489 e. The predicted molar refractivity (Wildman–Crippen MR) is 97.1 cm³/mol. The quantitative estimate of drug-likeness (QED) is 0.425. The van der Waals surface area contributed by atoms with Crippen LogP contribution in [0.15, 0.2) is 59.7 Å². The topological polar surface area (TPSA) is 50.7 Å². The van der Waals surface area contributed by atoms with Crippen LogP contribution < -0.4 is 10.2 Å².